The Hall–Kier alpha value is -1.96. The Kier molecular flexibility index (Phi) is 2.34. The van der Waals surface area contributed by atoms with Crippen molar-refractivity contribution in [2.45, 2.75) is 0 Å². The maximum absolute atomic E-state index is 11.6. The number of amides is 1. The fourth-order valence-corrected chi connectivity index (χ4v) is 1.51. The second-order valence-electron chi connectivity index (χ2n) is 2.80. The number of aryl methyl sites for hydroxylation is 1. The molecule has 0 atom stereocenters. The van der Waals surface area contributed by atoms with E-state index in [1.165, 1.54) is 21.5 Å². The minimum atomic E-state index is -0.384. The number of nitrogens with two attached hydrogens (primary N) is 1. The van der Waals surface area contributed by atoms with Crippen LogP contribution in [0.25, 0.3) is 0 Å². The number of carbonyl (C=O) groups is 1. The topological polar surface area (TPSA) is 98.7 Å². The van der Waals surface area contributed by atoms with Crippen LogP contribution >= 0.6 is 11.3 Å². The summed E-state index contributed by atoms with van der Waals surface area (Å²) in [6.45, 7) is 0. The Morgan fingerprint density at radius 2 is 2.47 bits per heavy atom. The fraction of sp³-hybridized carbons (Fsp3) is 0.143. The van der Waals surface area contributed by atoms with Gasteiger partial charge in [-0.1, -0.05) is 11.3 Å². The summed E-state index contributed by atoms with van der Waals surface area (Å²) in [5.41, 5.74) is 7.64. The van der Waals surface area contributed by atoms with Crippen molar-refractivity contribution in [3.8, 4) is 0 Å². The zero-order valence-electron chi connectivity index (χ0n) is 7.84. The molecule has 7 nitrogen and oxygen atoms in total. The van der Waals surface area contributed by atoms with Gasteiger partial charge in [-0.3, -0.25) is 14.8 Å². The average Bonchev–Trinajstić information content (AvgIpc) is 2.75. The van der Waals surface area contributed by atoms with Crippen LogP contribution in [0.1, 0.15) is 10.5 Å². The Bertz CT molecular complexity index is 476. The third-order valence-corrected chi connectivity index (χ3v) is 2.26. The van der Waals surface area contributed by atoms with Crippen LogP contribution in [-0.2, 0) is 7.05 Å². The van der Waals surface area contributed by atoms with E-state index in [1.807, 2.05) is 0 Å². The van der Waals surface area contributed by atoms with Gasteiger partial charge in [0.2, 0.25) is 5.13 Å². The van der Waals surface area contributed by atoms with E-state index >= 15 is 0 Å². The summed E-state index contributed by atoms with van der Waals surface area (Å²) in [6.07, 6.45) is 1.56. The molecule has 8 heteroatoms. The third-order valence-electron chi connectivity index (χ3n) is 1.65. The maximum atomic E-state index is 11.6. The van der Waals surface area contributed by atoms with Crippen molar-refractivity contribution in [2.75, 3.05) is 11.1 Å². The normalized spacial score (nSPS) is 10.2. The molecule has 0 bridgehead atoms. The first-order chi connectivity index (χ1) is 7.16. The molecular formula is C7H8N6OS. The molecule has 0 saturated heterocycles. The van der Waals surface area contributed by atoms with Gasteiger partial charge < -0.3 is 5.73 Å². The number of hydrogen-bond donors (Lipinski definition) is 2. The molecule has 2 heterocycles. The van der Waals surface area contributed by atoms with Crippen LogP contribution in [0, 0.1) is 0 Å². The van der Waals surface area contributed by atoms with Gasteiger partial charge >= 0.3 is 0 Å². The third kappa shape index (κ3) is 1.94. The van der Waals surface area contributed by atoms with E-state index in [0.29, 0.717) is 10.8 Å². The lowest BCUT2D eigenvalue weighted by molar-refractivity contribution is 0.102. The number of hydrogen-bond acceptors (Lipinski definition) is 6. The maximum Gasteiger partial charge on any atom is 0.280 e. The van der Waals surface area contributed by atoms with Gasteiger partial charge in [0.15, 0.2) is 5.69 Å². The predicted octanol–water partition coefficient (Wildman–Crippen LogP) is 0.106. The Morgan fingerprint density at radius 3 is 3.00 bits per heavy atom. The second kappa shape index (κ2) is 3.65. The van der Waals surface area contributed by atoms with Crippen LogP contribution in [0.3, 0.4) is 0 Å². The van der Waals surface area contributed by atoms with E-state index < -0.39 is 0 Å². The number of nitrogens with one attached hydrogen (secondary N) is 1. The summed E-state index contributed by atoms with van der Waals surface area (Å²) in [7, 11) is 1.69. The number of carbonyl (C=O) groups excluding carboxylic acids is 1. The number of rotatable bonds is 2. The van der Waals surface area contributed by atoms with E-state index in [0.717, 1.165) is 0 Å². The fourth-order valence-electron chi connectivity index (χ4n) is 1.07. The summed E-state index contributed by atoms with van der Waals surface area (Å²) in [4.78, 5) is 11.6. The minimum absolute atomic E-state index is 0.188. The van der Waals surface area contributed by atoms with Crippen LogP contribution in [0.15, 0.2) is 11.7 Å². The summed E-state index contributed by atoms with van der Waals surface area (Å²) in [6, 6.07) is 0. The second-order valence-corrected chi connectivity index (χ2v) is 3.64. The molecule has 2 aromatic heterocycles. The molecule has 0 aliphatic heterocycles. The Labute approximate surface area is 88.9 Å². The molecule has 78 valence electrons. The first-order valence-corrected chi connectivity index (χ1v) is 4.91. The van der Waals surface area contributed by atoms with Crippen molar-refractivity contribution in [1.29, 1.82) is 0 Å². The molecule has 0 aliphatic carbocycles. The highest BCUT2D eigenvalue weighted by Gasteiger charge is 2.14. The predicted molar refractivity (Wildman–Crippen MR) is 55.5 cm³/mol. The zero-order valence-corrected chi connectivity index (χ0v) is 8.65. The van der Waals surface area contributed by atoms with Crippen LogP contribution in [-0.4, -0.2) is 25.9 Å². The Balaban J connectivity index is 2.18. The van der Waals surface area contributed by atoms with Crippen molar-refractivity contribution in [3.05, 3.63) is 17.4 Å². The smallest absolute Gasteiger partial charge is 0.280 e. The lowest BCUT2D eigenvalue weighted by Crippen LogP contribution is -2.14. The van der Waals surface area contributed by atoms with Crippen molar-refractivity contribution >= 4 is 28.1 Å². The van der Waals surface area contributed by atoms with Crippen molar-refractivity contribution in [1.82, 2.24) is 20.0 Å². The average molecular weight is 224 g/mol. The number of nitrogens with zero attached hydrogens (tertiary/aromatic N) is 4. The van der Waals surface area contributed by atoms with Gasteiger partial charge in [-0.15, -0.1) is 10.2 Å². The van der Waals surface area contributed by atoms with E-state index in [-0.39, 0.29) is 11.6 Å². The van der Waals surface area contributed by atoms with Gasteiger partial charge in [0.25, 0.3) is 5.91 Å². The molecule has 0 unspecified atom stereocenters. The summed E-state index contributed by atoms with van der Waals surface area (Å²) < 4.78 is 1.48. The van der Waals surface area contributed by atoms with E-state index in [4.69, 9.17) is 5.73 Å². The van der Waals surface area contributed by atoms with Crippen LogP contribution in [0.4, 0.5) is 10.8 Å². The van der Waals surface area contributed by atoms with E-state index in [9.17, 15) is 4.79 Å². The molecule has 1 amide bonds. The standard InChI is InChI=1S/C7H8N6OS/c1-13-2-4(8)5(12-13)6(14)10-7-11-9-3-15-7/h2-3H,8H2,1H3,(H,10,11,14). The first-order valence-electron chi connectivity index (χ1n) is 4.03. The number of anilines is 2. The lowest BCUT2D eigenvalue weighted by atomic mass is 10.3. The van der Waals surface area contributed by atoms with Crippen molar-refractivity contribution in [3.63, 3.8) is 0 Å². The van der Waals surface area contributed by atoms with Crippen molar-refractivity contribution in [2.24, 2.45) is 7.05 Å². The molecule has 0 aliphatic rings. The minimum Gasteiger partial charge on any atom is -0.396 e. The Morgan fingerprint density at radius 1 is 1.67 bits per heavy atom. The van der Waals surface area contributed by atoms with E-state index in [2.05, 4.69) is 20.6 Å². The van der Waals surface area contributed by atoms with E-state index in [1.54, 1.807) is 13.2 Å². The van der Waals surface area contributed by atoms with Crippen molar-refractivity contribution < 1.29 is 4.79 Å². The van der Waals surface area contributed by atoms with Crippen LogP contribution in [0.5, 0.6) is 0 Å². The molecule has 0 radical (unpaired) electrons. The molecule has 0 spiro atoms. The highest BCUT2D eigenvalue weighted by atomic mass is 32.1. The number of nitrogen functional groups attached to an aromatic ring is 1. The lowest BCUT2D eigenvalue weighted by Gasteiger charge is -1.97. The quantitative estimate of drug-likeness (QED) is 0.754. The van der Waals surface area contributed by atoms with Crippen LogP contribution < -0.4 is 11.1 Å². The SMILES string of the molecule is Cn1cc(N)c(C(=O)Nc2nncs2)n1. The number of aromatic nitrogens is 4. The largest absolute Gasteiger partial charge is 0.396 e. The molecule has 0 aromatic carbocycles. The van der Waals surface area contributed by atoms with Gasteiger partial charge in [0, 0.05) is 13.2 Å². The molecule has 0 fully saturated rings. The molecule has 0 saturated carbocycles. The molecular weight excluding hydrogens is 216 g/mol. The van der Waals surface area contributed by atoms with Crippen LogP contribution in [0.2, 0.25) is 0 Å². The van der Waals surface area contributed by atoms with Gasteiger partial charge in [-0.2, -0.15) is 5.10 Å². The molecule has 15 heavy (non-hydrogen) atoms. The van der Waals surface area contributed by atoms with Gasteiger partial charge in [0.1, 0.15) is 5.51 Å². The highest BCUT2D eigenvalue weighted by molar-refractivity contribution is 7.13. The molecule has 3 N–H and O–H groups in total. The highest BCUT2D eigenvalue weighted by Crippen LogP contribution is 2.13. The molecule has 2 rings (SSSR count). The summed E-state index contributed by atoms with van der Waals surface area (Å²) >= 11 is 1.23. The summed E-state index contributed by atoms with van der Waals surface area (Å²) in [5.74, 6) is -0.384. The van der Waals surface area contributed by atoms with Gasteiger partial charge in [-0.25, -0.2) is 0 Å². The first kappa shape index (κ1) is 9.59. The van der Waals surface area contributed by atoms with Gasteiger partial charge in [0.05, 0.1) is 5.69 Å². The zero-order chi connectivity index (χ0) is 10.8. The van der Waals surface area contributed by atoms with Gasteiger partial charge in [-0.05, 0) is 0 Å². The summed E-state index contributed by atoms with van der Waals surface area (Å²) in [5, 5.41) is 14.2. The molecule has 2 aromatic rings. The monoisotopic (exact) mass is 224 g/mol.